The Labute approximate surface area is 288 Å². The summed E-state index contributed by atoms with van der Waals surface area (Å²) in [7, 11) is 0. The summed E-state index contributed by atoms with van der Waals surface area (Å²) in [6.07, 6.45) is 0. The molecular formula is C44H25BN4O. The molecule has 1 aliphatic heterocycles. The number of benzene rings is 7. The van der Waals surface area contributed by atoms with Crippen LogP contribution >= 0.6 is 0 Å². The molecule has 0 saturated heterocycles. The molecule has 0 bridgehead atoms. The van der Waals surface area contributed by atoms with E-state index in [-0.39, 0.29) is 6.71 Å². The van der Waals surface area contributed by atoms with Crippen molar-refractivity contribution in [3.8, 4) is 28.9 Å². The Kier molecular flexibility index (Phi) is 6.03. The fourth-order valence-corrected chi connectivity index (χ4v) is 7.96. The van der Waals surface area contributed by atoms with E-state index in [0.29, 0.717) is 11.3 Å². The number of para-hydroxylation sites is 4. The Morgan fingerprint density at radius 1 is 0.520 bits per heavy atom. The maximum absolute atomic E-state index is 9.89. The summed E-state index contributed by atoms with van der Waals surface area (Å²) in [4.78, 5) is 3.91. The number of hydrogen-bond donors (Lipinski definition) is 0. The van der Waals surface area contributed by atoms with Gasteiger partial charge in [-0.3, -0.25) is 0 Å². The second kappa shape index (κ2) is 10.8. The summed E-state index contributed by atoms with van der Waals surface area (Å²) in [5, 5.41) is 14.6. The van der Waals surface area contributed by atoms with Crippen LogP contribution in [0.1, 0.15) is 5.56 Å². The lowest BCUT2D eigenvalue weighted by molar-refractivity contribution is 0.487. The average molecular weight is 637 g/mol. The third-order valence-corrected chi connectivity index (χ3v) is 10.1. The van der Waals surface area contributed by atoms with Crippen LogP contribution in [0.15, 0.2) is 152 Å². The molecule has 1 aliphatic rings. The van der Waals surface area contributed by atoms with Crippen LogP contribution in [0.3, 0.4) is 0 Å². The molecule has 50 heavy (non-hydrogen) atoms. The van der Waals surface area contributed by atoms with Crippen molar-refractivity contribution in [1.82, 2.24) is 9.13 Å². The van der Waals surface area contributed by atoms with Gasteiger partial charge in [-0.25, -0.2) is 4.85 Å². The smallest absolute Gasteiger partial charge is 0.240 e. The maximum atomic E-state index is 9.89. The van der Waals surface area contributed by atoms with Crippen molar-refractivity contribution in [1.29, 1.82) is 5.26 Å². The van der Waals surface area contributed by atoms with Crippen LogP contribution in [0.25, 0.3) is 59.8 Å². The molecule has 0 saturated carbocycles. The SMILES string of the molecule is [C-]#[N+]c1ccc(C#N)cc1B1c2ccc(-n3c4ccccc4c4ccccc43)cc2Oc2cc(-n3c4ccccc4c4ccccc43)ccc21. The van der Waals surface area contributed by atoms with Crippen LogP contribution in [0.5, 0.6) is 11.5 Å². The van der Waals surface area contributed by atoms with E-state index < -0.39 is 0 Å². The van der Waals surface area contributed by atoms with Gasteiger partial charge in [0.25, 0.3) is 0 Å². The predicted octanol–water partition coefficient (Wildman–Crippen LogP) is 8.93. The first kappa shape index (κ1) is 28.0. The Morgan fingerprint density at radius 3 is 1.38 bits per heavy atom. The molecule has 7 aromatic carbocycles. The number of rotatable bonds is 3. The van der Waals surface area contributed by atoms with Gasteiger partial charge < -0.3 is 13.9 Å². The van der Waals surface area contributed by atoms with Gasteiger partial charge in [0.1, 0.15) is 11.5 Å². The van der Waals surface area contributed by atoms with Crippen LogP contribution in [0.2, 0.25) is 0 Å². The van der Waals surface area contributed by atoms with Crippen molar-refractivity contribution in [2.24, 2.45) is 0 Å². The minimum atomic E-state index is -0.314. The molecule has 3 heterocycles. The van der Waals surface area contributed by atoms with Crippen molar-refractivity contribution >= 4 is 72.4 Å². The highest BCUT2D eigenvalue weighted by Crippen LogP contribution is 2.37. The van der Waals surface area contributed by atoms with Crippen LogP contribution < -0.4 is 21.1 Å². The molecular weight excluding hydrogens is 611 g/mol. The molecule has 9 aromatic rings. The topological polar surface area (TPSA) is 47.2 Å². The summed E-state index contributed by atoms with van der Waals surface area (Å²) in [5.74, 6) is 1.44. The van der Waals surface area contributed by atoms with Crippen molar-refractivity contribution in [3.63, 3.8) is 0 Å². The highest BCUT2D eigenvalue weighted by Gasteiger charge is 2.35. The molecule has 5 nitrogen and oxygen atoms in total. The van der Waals surface area contributed by atoms with Gasteiger partial charge in [-0.15, -0.1) is 0 Å². The number of fused-ring (bicyclic) bond motifs is 8. The van der Waals surface area contributed by atoms with Gasteiger partial charge in [-0.2, -0.15) is 5.26 Å². The van der Waals surface area contributed by atoms with Gasteiger partial charge in [0, 0.05) is 50.6 Å². The lowest BCUT2D eigenvalue weighted by Gasteiger charge is -2.29. The van der Waals surface area contributed by atoms with E-state index in [1.165, 1.54) is 21.5 Å². The lowest BCUT2D eigenvalue weighted by Crippen LogP contribution is -2.55. The fraction of sp³-hybridized carbons (Fsp3) is 0. The second-order valence-electron chi connectivity index (χ2n) is 12.7. The van der Waals surface area contributed by atoms with E-state index in [1.54, 1.807) is 12.1 Å². The summed E-state index contributed by atoms with van der Waals surface area (Å²) in [6.45, 7) is 7.75. The standard InChI is InChI=1S/C44H25BN4O/c1-47-38-23-18-28(27-46)24-37(38)45-35-21-19-29(48-39-14-6-2-10-31(39)32-11-3-7-15-40(32)48)25-43(35)50-44-26-30(20-22-36(44)45)49-41-16-8-4-12-33(41)34-13-5-9-17-42(34)49/h2-26H. The lowest BCUT2D eigenvalue weighted by atomic mass is 9.35. The number of nitrogens with zero attached hydrogens (tertiary/aromatic N) is 4. The Bertz CT molecular complexity index is 2690. The quantitative estimate of drug-likeness (QED) is 0.144. The predicted molar refractivity (Wildman–Crippen MR) is 204 cm³/mol. The molecule has 0 atom stereocenters. The molecule has 0 radical (unpaired) electrons. The highest BCUT2D eigenvalue weighted by atomic mass is 16.5. The van der Waals surface area contributed by atoms with Crippen molar-refractivity contribution in [2.45, 2.75) is 0 Å². The van der Waals surface area contributed by atoms with Gasteiger partial charge in [0.15, 0.2) is 5.69 Å². The van der Waals surface area contributed by atoms with Crippen LogP contribution in [-0.2, 0) is 0 Å². The van der Waals surface area contributed by atoms with E-state index >= 15 is 0 Å². The average Bonchev–Trinajstić information content (AvgIpc) is 3.69. The monoisotopic (exact) mass is 636 g/mol. The first-order valence-corrected chi connectivity index (χ1v) is 16.6. The van der Waals surface area contributed by atoms with Crippen LogP contribution in [-0.4, -0.2) is 15.8 Å². The number of hydrogen-bond acceptors (Lipinski definition) is 2. The normalized spacial score (nSPS) is 12.1. The third kappa shape index (κ3) is 4.00. The summed E-state index contributed by atoms with van der Waals surface area (Å²) < 4.78 is 11.5. The molecule has 230 valence electrons. The van der Waals surface area contributed by atoms with Crippen molar-refractivity contribution in [3.05, 3.63) is 169 Å². The van der Waals surface area contributed by atoms with E-state index in [1.807, 2.05) is 6.07 Å². The van der Waals surface area contributed by atoms with Crippen molar-refractivity contribution in [2.75, 3.05) is 0 Å². The summed E-state index contributed by atoms with van der Waals surface area (Å²) in [6, 6.07) is 54.3. The highest BCUT2D eigenvalue weighted by molar-refractivity contribution is 6.97. The fourth-order valence-electron chi connectivity index (χ4n) is 7.96. The largest absolute Gasteiger partial charge is 0.458 e. The molecule has 10 rings (SSSR count). The van der Waals surface area contributed by atoms with Gasteiger partial charge >= 0.3 is 0 Å². The van der Waals surface area contributed by atoms with E-state index in [0.717, 1.165) is 61.3 Å². The zero-order chi connectivity index (χ0) is 33.3. The van der Waals surface area contributed by atoms with Gasteiger partial charge in [0.05, 0.1) is 34.7 Å². The van der Waals surface area contributed by atoms with E-state index in [2.05, 4.69) is 154 Å². The number of nitriles is 1. The molecule has 6 heteroatoms. The molecule has 0 aliphatic carbocycles. The van der Waals surface area contributed by atoms with Crippen molar-refractivity contribution < 1.29 is 4.74 Å². The maximum Gasteiger partial charge on any atom is 0.240 e. The second-order valence-corrected chi connectivity index (χ2v) is 12.7. The summed E-state index contributed by atoms with van der Waals surface area (Å²) >= 11 is 0. The van der Waals surface area contributed by atoms with Crippen LogP contribution in [0, 0.1) is 17.9 Å². The Hall–Kier alpha value is -7.02. The zero-order valence-corrected chi connectivity index (χ0v) is 26.7. The molecule has 0 spiro atoms. The zero-order valence-electron chi connectivity index (χ0n) is 26.7. The van der Waals surface area contributed by atoms with E-state index in [9.17, 15) is 5.26 Å². The van der Waals surface area contributed by atoms with Gasteiger partial charge in [-0.1, -0.05) is 109 Å². The van der Waals surface area contributed by atoms with Gasteiger partial charge in [0.2, 0.25) is 6.71 Å². The van der Waals surface area contributed by atoms with E-state index in [4.69, 9.17) is 11.3 Å². The first-order chi connectivity index (χ1) is 24.7. The summed E-state index contributed by atoms with van der Waals surface area (Å²) in [5.41, 5.74) is 10.2. The number of ether oxygens (including phenoxy) is 1. The van der Waals surface area contributed by atoms with Gasteiger partial charge in [-0.05, 0) is 47.3 Å². The third-order valence-electron chi connectivity index (χ3n) is 10.1. The first-order valence-electron chi connectivity index (χ1n) is 16.6. The minimum absolute atomic E-state index is 0.314. The Balaban J connectivity index is 1.22. The molecule has 0 amide bonds. The minimum Gasteiger partial charge on any atom is -0.458 e. The van der Waals surface area contributed by atoms with Crippen LogP contribution in [0.4, 0.5) is 5.69 Å². The molecule has 0 fully saturated rings. The molecule has 0 N–H and O–H groups in total. The Morgan fingerprint density at radius 2 is 0.960 bits per heavy atom. The number of aromatic nitrogens is 2. The molecule has 2 aromatic heterocycles. The molecule has 0 unspecified atom stereocenters.